The number of benzene rings is 4. The number of hydrogen-bond donors (Lipinski definition) is 0. The first kappa shape index (κ1) is 17.0. The van der Waals surface area contributed by atoms with Gasteiger partial charge in [0.25, 0.3) is 0 Å². The molecule has 4 aromatic carbocycles. The smallest absolute Gasteiger partial charge is 0.0158 e. The van der Waals surface area contributed by atoms with E-state index in [0.717, 1.165) is 6.42 Å². The van der Waals surface area contributed by atoms with Gasteiger partial charge in [0, 0.05) is 5.41 Å². The van der Waals surface area contributed by atoms with Crippen LogP contribution in [0.2, 0.25) is 0 Å². The average molecular weight is 360 g/mol. The Bertz CT molecular complexity index is 1130. The molecule has 0 atom stereocenters. The zero-order valence-electron chi connectivity index (χ0n) is 16.4. The molecule has 0 aliphatic heterocycles. The van der Waals surface area contributed by atoms with Gasteiger partial charge in [0.1, 0.15) is 0 Å². The molecule has 0 nitrogen and oxygen atoms in total. The normalized spacial score (nSPS) is 13.8. The maximum atomic E-state index is 2.40. The molecule has 4 aromatic rings. The molecule has 0 N–H and O–H groups in total. The van der Waals surface area contributed by atoms with Crippen LogP contribution in [0, 0.1) is 0 Å². The molecule has 0 unspecified atom stereocenters. The van der Waals surface area contributed by atoms with Gasteiger partial charge in [0.05, 0.1) is 0 Å². The molecule has 0 fully saturated rings. The molecule has 0 heterocycles. The molecule has 0 spiro atoms. The van der Waals surface area contributed by atoms with E-state index in [1.165, 1.54) is 44.5 Å². The van der Waals surface area contributed by atoms with Crippen LogP contribution in [0.25, 0.3) is 22.3 Å². The molecule has 1 aliphatic rings. The van der Waals surface area contributed by atoms with Gasteiger partial charge < -0.3 is 0 Å². The van der Waals surface area contributed by atoms with E-state index in [-0.39, 0.29) is 5.41 Å². The summed E-state index contributed by atoms with van der Waals surface area (Å²) in [6, 6.07) is 35.4. The van der Waals surface area contributed by atoms with E-state index in [0.29, 0.717) is 0 Å². The fourth-order valence-electron chi connectivity index (χ4n) is 4.56. The van der Waals surface area contributed by atoms with Crippen molar-refractivity contribution in [2.24, 2.45) is 0 Å². The highest BCUT2D eigenvalue weighted by Gasteiger charge is 2.34. The third-order valence-corrected chi connectivity index (χ3v) is 6.12. The monoisotopic (exact) mass is 360 g/mol. The molecule has 1 aliphatic carbocycles. The first-order chi connectivity index (χ1) is 13.6. The fourth-order valence-corrected chi connectivity index (χ4v) is 4.56. The quantitative estimate of drug-likeness (QED) is 0.361. The van der Waals surface area contributed by atoms with E-state index < -0.39 is 0 Å². The van der Waals surface area contributed by atoms with Crippen LogP contribution >= 0.6 is 0 Å². The van der Waals surface area contributed by atoms with Crippen molar-refractivity contribution in [3.05, 3.63) is 119 Å². The van der Waals surface area contributed by atoms with Crippen LogP contribution < -0.4 is 0 Å². The Morgan fingerprint density at radius 1 is 0.536 bits per heavy atom. The Hall–Kier alpha value is -3.12. The van der Waals surface area contributed by atoms with Gasteiger partial charge in [-0.1, -0.05) is 111 Å². The second-order valence-corrected chi connectivity index (χ2v) is 8.29. The van der Waals surface area contributed by atoms with Gasteiger partial charge in [0.2, 0.25) is 0 Å². The van der Waals surface area contributed by atoms with Crippen molar-refractivity contribution in [3.63, 3.8) is 0 Å². The summed E-state index contributed by atoms with van der Waals surface area (Å²) >= 11 is 0. The number of rotatable bonds is 3. The van der Waals surface area contributed by atoms with Crippen LogP contribution in [0.5, 0.6) is 0 Å². The summed E-state index contributed by atoms with van der Waals surface area (Å²) in [5.74, 6) is 0. The minimum Gasteiger partial charge on any atom is -0.0622 e. The highest BCUT2D eigenvalue weighted by Crippen LogP contribution is 2.48. The summed E-state index contributed by atoms with van der Waals surface area (Å²) < 4.78 is 0. The summed E-state index contributed by atoms with van der Waals surface area (Å²) in [7, 11) is 0. The lowest BCUT2D eigenvalue weighted by molar-refractivity contribution is 0.660. The third kappa shape index (κ3) is 2.77. The van der Waals surface area contributed by atoms with Gasteiger partial charge >= 0.3 is 0 Å². The molecule has 0 amide bonds. The van der Waals surface area contributed by atoms with E-state index in [4.69, 9.17) is 0 Å². The molecule has 0 saturated heterocycles. The first-order valence-corrected chi connectivity index (χ1v) is 10.0. The summed E-state index contributed by atoms with van der Waals surface area (Å²) in [5, 5.41) is 0. The van der Waals surface area contributed by atoms with E-state index in [9.17, 15) is 0 Å². The Balaban J connectivity index is 1.45. The van der Waals surface area contributed by atoms with Crippen molar-refractivity contribution in [1.29, 1.82) is 0 Å². The van der Waals surface area contributed by atoms with Crippen LogP contribution in [0.3, 0.4) is 0 Å². The zero-order chi connectivity index (χ0) is 19.1. The molecule has 0 aromatic heterocycles. The van der Waals surface area contributed by atoms with Crippen LogP contribution in [-0.4, -0.2) is 0 Å². The maximum absolute atomic E-state index is 2.40. The van der Waals surface area contributed by atoms with Gasteiger partial charge in [-0.05, 0) is 50.9 Å². The van der Waals surface area contributed by atoms with Crippen molar-refractivity contribution in [2.45, 2.75) is 25.7 Å². The third-order valence-electron chi connectivity index (χ3n) is 6.12. The summed E-state index contributed by atoms with van der Waals surface area (Å²) in [5.41, 5.74) is 11.0. The lowest BCUT2D eigenvalue weighted by atomic mass is 9.82. The molecular weight excluding hydrogens is 336 g/mol. The Morgan fingerprint density at radius 3 is 1.93 bits per heavy atom. The SMILES string of the molecule is CC1(C)c2ccccc2-c2cc(Cc3ccc(-c4ccccc4)cc3)ccc21. The van der Waals surface area contributed by atoms with Gasteiger partial charge in [-0.3, -0.25) is 0 Å². The minimum atomic E-state index is 0.0851. The van der Waals surface area contributed by atoms with Gasteiger partial charge in [0.15, 0.2) is 0 Å². The van der Waals surface area contributed by atoms with Crippen molar-refractivity contribution in [1.82, 2.24) is 0 Å². The number of fused-ring (bicyclic) bond motifs is 3. The Morgan fingerprint density at radius 2 is 1.14 bits per heavy atom. The van der Waals surface area contributed by atoms with E-state index >= 15 is 0 Å². The molecule has 5 rings (SSSR count). The zero-order valence-corrected chi connectivity index (χ0v) is 16.4. The van der Waals surface area contributed by atoms with Crippen molar-refractivity contribution >= 4 is 0 Å². The minimum absolute atomic E-state index is 0.0851. The van der Waals surface area contributed by atoms with Crippen molar-refractivity contribution in [2.75, 3.05) is 0 Å². The highest BCUT2D eigenvalue weighted by molar-refractivity contribution is 5.81. The lowest BCUT2D eigenvalue weighted by Crippen LogP contribution is -2.14. The van der Waals surface area contributed by atoms with Crippen molar-refractivity contribution in [3.8, 4) is 22.3 Å². The van der Waals surface area contributed by atoms with Crippen LogP contribution in [-0.2, 0) is 11.8 Å². The predicted octanol–water partition coefficient (Wildman–Crippen LogP) is 7.25. The van der Waals surface area contributed by atoms with Gasteiger partial charge in [-0.25, -0.2) is 0 Å². The summed E-state index contributed by atoms with van der Waals surface area (Å²) in [6.07, 6.45) is 0.963. The highest BCUT2D eigenvalue weighted by atomic mass is 14.4. The first-order valence-electron chi connectivity index (χ1n) is 10.0. The maximum Gasteiger partial charge on any atom is 0.0158 e. The fraction of sp³-hybridized carbons (Fsp3) is 0.143. The molecule has 0 radical (unpaired) electrons. The molecule has 0 bridgehead atoms. The Labute approximate surface area is 167 Å². The molecule has 28 heavy (non-hydrogen) atoms. The molecule has 0 heteroatoms. The Kier molecular flexibility index (Phi) is 3.94. The standard InChI is InChI=1S/C28H24/c1-28(2)26-11-7-6-10-24(26)25-19-21(14-17-27(25)28)18-20-12-15-23(16-13-20)22-8-4-3-5-9-22/h3-17,19H,18H2,1-2H3. The van der Waals surface area contributed by atoms with Crippen LogP contribution in [0.15, 0.2) is 97.1 Å². The van der Waals surface area contributed by atoms with Crippen LogP contribution in [0.1, 0.15) is 36.1 Å². The second-order valence-electron chi connectivity index (χ2n) is 8.29. The molecule has 136 valence electrons. The predicted molar refractivity (Wildman–Crippen MR) is 119 cm³/mol. The summed E-state index contributed by atoms with van der Waals surface area (Å²) in [6.45, 7) is 4.67. The van der Waals surface area contributed by atoms with Crippen LogP contribution in [0.4, 0.5) is 0 Å². The largest absolute Gasteiger partial charge is 0.0622 e. The van der Waals surface area contributed by atoms with Gasteiger partial charge in [-0.15, -0.1) is 0 Å². The summed E-state index contributed by atoms with van der Waals surface area (Å²) in [4.78, 5) is 0. The second kappa shape index (κ2) is 6.49. The number of hydrogen-bond acceptors (Lipinski definition) is 0. The van der Waals surface area contributed by atoms with E-state index in [1.54, 1.807) is 0 Å². The lowest BCUT2D eigenvalue weighted by Gasteiger charge is -2.21. The topological polar surface area (TPSA) is 0 Å². The average Bonchev–Trinajstić information content (AvgIpc) is 2.96. The molecule has 0 saturated carbocycles. The van der Waals surface area contributed by atoms with Crippen molar-refractivity contribution < 1.29 is 0 Å². The van der Waals surface area contributed by atoms with Gasteiger partial charge in [-0.2, -0.15) is 0 Å². The van der Waals surface area contributed by atoms with E-state index in [1.807, 2.05) is 0 Å². The molecular formula is C28H24. The van der Waals surface area contributed by atoms with E-state index in [2.05, 4.69) is 111 Å².